The van der Waals surface area contributed by atoms with E-state index in [9.17, 15) is 8.78 Å². The van der Waals surface area contributed by atoms with E-state index in [1.54, 1.807) is 12.1 Å². The van der Waals surface area contributed by atoms with Crippen molar-refractivity contribution in [2.75, 3.05) is 13.1 Å². The van der Waals surface area contributed by atoms with E-state index in [4.69, 9.17) is 5.73 Å². The van der Waals surface area contributed by atoms with Crippen LogP contribution in [0.25, 0.3) is 0 Å². The zero-order valence-corrected chi connectivity index (χ0v) is 10.7. The summed E-state index contributed by atoms with van der Waals surface area (Å²) in [5, 5.41) is 0. The van der Waals surface area contributed by atoms with Crippen LogP contribution in [0.4, 0.5) is 8.78 Å². The van der Waals surface area contributed by atoms with Crippen molar-refractivity contribution >= 4 is 0 Å². The van der Waals surface area contributed by atoms with E-state index in [2.05, 4.69) is 11.8 Å². The second-order valence-corrected chi connectivity index (χ2v) is 4.86. The summed E-state index contributed by atoms with van der Waals surface area (Å²) in [6, 6.07) is 4.61. The molecule has 0 radical (unpaired) electrons. The van der Waals surface area contributed by atoms with Crippen LogP contribution in [0, 0.1) is 11.6 Å². The van der Waals surface area contributed by atoms with E-state index < -0.39 is 11.6 Å². The molecule has 1 aromatic rings. The molecule has 1 aliphatic rings. The third-order valence-corrected chi connectivity index (χ3v) is 3.46. The molecule has 1 aromatic carbocycles. The van der Waals surface area contributed by atoms with Gasteiger partial charge in [0.2, 0.25) is 0 Å². The Balaban J connectivity index is 2.28. The predicted molar refractivity (Wildman–Crippen MR) is 68.2 cm³/mol. The molecule has 0 heterocycles. The van der Waals surface area contributed by atoms with Crippen molar-refractivity contribution in [3.8, 4) is 0 Å². The summed E-state index contributed by atoms with van der Waals surface area (Å²) >= 11 is 0. The normalized spacial score (nSPS) is 17.2. The van der Waals surface area contributed by atoms with Crippen LogP contribution in [0.5, 0.6) is 0 Å². The van der Waals surface area contributed by atoms with Gasteiger partial charge in [-0.3, -0.25) is 4.90 Å². The molecule has 0 spiro atoms. The zero-order valence-electron chi connectivity index (χ0n) is 10.7. The number of nitrogens with zero attached hydrogens (tertiary/aromatic N) is 1. The number of hydrogen-bond donors (Lipinski definition) is 1. The Kier molecular flexibility index (Phi) is 4.30. The highest BCUT2D eigenvalue weighted by atomic mass is 19.2. The van der Waals surface area contributed by atoms with Crippen molar-refractivity contribution in [3.63, 3.8) is 0 Å². The second kappa shape index (κ2) is 5.76. The molecule has 1 unspecified atom stereocenters. The third-order valence-electron chi connectivity index (χ3n) is 3.46. The largest absolute Gasteiger partial charge is 0.329 e. The maximum absolute atomic E-state index is 13.9. The first-order valence-corrected chi connectivity index (χ1v) is 6.58. The number of hydrogen-bond acceptors (Lipinski definition) is 2. The number of benzene rings is 1. The lowest BCUT2D eigenvalue weighted by Crippen LogP contribution is -2.36. The van der Waals surface area contributed by atoms with Gasteiger partial charge in [0.1, 0.15) is 0 Å². The monoisotopic (exact) mass is 254 g/mol. The van der Waals surface area contributed by atoms with Crippen LogP contribution < -0.4 is 5.73 Å². The average molecular weight is 254 g/mol. The Labute approximate surface area is 107 Å². The fraction of sp³-hybridized carbons (Fsp3) is 0.571. The van der Waals surface area contributed by atoms with Crippen LogP contribution in [0.2, 0.25) is 0 Å². The summed E-state index contributed by atoms with van der Waals surface area (Å²) in [5.41, 5.74) is 6.18. The Morgan fingerprint density at radius 2 is 2.11 bits per heavy atom. The molecule has 1 fully saturated rings. The predicted octanol–water partition coefficient (Wildman–Crippen LogP) is 2.84. The number of rotatable bonds is 6. The fourth-order valence-electron chi connectivity index (χ4n) is 2.48. The summed E-state index contributed by atoms with van der Waals surface area (Å²) < 4.78 is 27.2. The highest BCUT2D eigenvalue weighted by Gasteiger charge is 2.34. The molecule has 2 rings (SSSR count). The van der Waals surface area contributed by atoms with E-state index in [1.807, 2.05) is 0 Å². The molecule has 0 amide bonds. The SMILES string of the molecule is CCCN(C1CC1)C(CN)c1cccc(F)c1F. The summed E-state index contributed by atoms with van der Waals surface area (Å²) in [4.78, 5) is 2.22. The molecular formula is C14H20F2N2. The standard InChI is InChI=1S/C14H20F2N2/c1-2-8-18(10-6-7-10)13(9-17)11-4-3-5-12(15)14(11)16/h3-5,10,13H,2,6-9,17H2,1H3. The Bertz CT molecular complexity index is 405. The molecular weight excluding hydrogens is 234 g/mol. The molecule has 1 aliphatic carbocycles. The van der Waals surface area contributed by atoms with Gasteiger partial charge in [-0.05, 0) is 31.9 Å². The van der Waals surface area contributed by atoms with Gasteiger partial charge < -0.3 is 5.73 Å². The van der Waals surface area contributed by atoms with E-state index in [1.165, 1.54) is 0 Å². The first kappa shape index (κ1) is 13.4. The van der Waals surface area contributed by atoms with Gasteiger partial charge in [-0.1, -0.05) is 19.1 Å². The number of nitrogens with two attached hydrogens (primary N) is 1. The van der Waals surface area contributed by atoms with Gasteiger partial charge in [0.25, 0.3) is 0 Å². The molecule has 0 aromatic heterocycles. The minimum Gasteiger partial charge on any atom is -0.329 e. The molecule has 2 N–H and O–H groups in total. The lowest BCUT2D eigenvalue weighted by Gasteiger charge is -2.31. The molecule has 1 saturated carbocycles. The van der Waals surface area contributed by atoms with Gasteiger partial charge in [0.15, 0.2) is 11.6 Å². The van der Waals surface area contributed by atoms with E-state index >= 15 is 0 Å². The summed E-state index contributed by atoms with van der Waals surface area (Å²) in [6.45, 7) is 3.28. The lowest BCUT2D eigenvalue weighted by molar-refractivity contribution is 0.187. The van der Waals surface area contributed by atoms with Crippen molar-refractivity contribution in [3.05, 3.63) is 35.4 Å². The molecule has 100 valence electrons. The first-order chi connectivity index (χ1) is 8.69. The third kappa shape index (κ3) is 2.70. The van der Waals surface area contributed by atoms with E-state index in [0.717, 1.165) is 31.9 Å². The zero-order chi connectivity index (χ0) is 13.1. The maximum atomic E-state index is 13.9. The van der Waals surface area contributed by atoms with Crippen LogP contribution in [0.3, 0.4) is 0 Å². The van der Waals surface area contributed by atoms with Gasteiger partial charge in [-0.25, -0.2) is 8.78 Å². The van der Waals surface area contributed by atoms with Crippen LogP contribution in [-0.4, -0.2) is 24.0 Å². The quantitative estimate of drug-likeness (QED) is 0.845. The molecule has 1 atom stereocenters. The van der Waals surface area contributed by atoms with Crippen LogP contribution in [-0.2, 0) is 0 Å². The smallest absolute Gasteiger partial charge is 0.163 e. The average Bonchev–Trinajstić information content (AvgIpc) is 3.18. The van der Waals surface area contributed by atoms with Crippen LogP contribution in [0.1, 0.15) is 37.8 Å². The highest BCUT2D eigenvalue weighted by molar-refractivity contribution is 5.23. The highest BCUT2D eigenvalue weighted by Crippen LogP contribution is 2.35. The minimum absolute atomic E-state index is 0.215. The van der Waals surface area contributed by atoms with E-state index in [-0.39, 0.29) is 6.04 Å². The molecule has 0 saturated heterocycles. The van der Waals surface area contributed by atoms with Gasteiger partial charge in [-0.15, -0.1) is 0 Å². The fourth-order valence-corrected chi connectivity index (χ4v) is 2.48. The second-order valence-electron chi connectivity index (χ2n) is 4.86. The molecule has 0 bridgehead atoms. The Morgan fingerprint density at radius 1 is 1.39 bits per heavy atom. The van der Waals surface area contributed by atoms with Crippen LogP contribution in [0.15, 0.2) is 18.2 Å². The first-order valence-electron chi connectivity index (χ1n) is 6.58. The van der Waals surface area contributed by atoms with Crippen molar-refractivity contribution in [1.29, 1.82) is 0 Å². The molecule has 18 heavy (non-hydrogen) atoms. The maximum Gasteiger partial charge on any atom is 0.163 e. The molecule has 2 nitrogen and oxygen atoms in total. The van der Waals surface area contributed by atoms with Gasteiger partial charge in [-0.2, -0.15) is 0 Å². The minimum atomic E-state index is -0.793. The summed E-state index contributed by atoms with van der Waals surface area (Å²) in [7, 11) is 0. The van der Waals surface area contributed by atoms with Gasteiger partial charge >= 0.3 is 0 Å². The lowest BCUT2D eigenvalue weighted by atomic mass is 10.0. The van der Waals surface area contributed by atoms with E-state index in [0.29, 0.717) is 18.2 Å². The summed E-state index contributed by atoms with van der Waals surface area (Å²) in [6.07, 6.45) is 3.25. The van der Waals surface area contributed by atoms with Crippen molar-refractivity contribution in [2.45, 2.75) is 38.3 Å². The Hall–Kier alpha value is -1.00. The Morgan fingerprint density at radius 3 is 2.67 bits per heavy atom. The molecule has 4 heteroatoms. The van der Waals surface area contributed by atoms with Gasteiger partial charge in [0.05, 0.1) is 6.04 Å². The van der Waals surface area contributed by atoms with Crippen molar-refractivity contribution in [2.24, 2.45) is 5.73 Å². The summed E-state index contributed by atoms with van der Waals surface area (Å²) in [5.74, 6) is -1.55. The number of halogens is 2. The van der Waals surface area contributed by atoms with Crippen LogP contribution >= 0.6 is 0 Å². The van der Waals surface area contributed by atoms with Gasteiger partial charge in [0, 0.05) is 18.2 Å². The molecule has 0 aliphatic heterocycles. The van der Waals surface area contributed by atoms with Crippen molar-refractivity contribution in [1.82, 2.24) is 4.90 Å². The van der Waals surface area contributed by atoms with Crippen molar-refractivity contribution < 1.29 is 8.78 Å². The topological polar surface area (TPSA) is 29.3 Å².